The molecule has 0 N–H and O–H groups in total. The summed E-state index contributed by atoms with van der Waals surface area (Å²) in [6.45, 7) is 0. The van der Waals surface area contributed by atoms with Gasteiger partial charge in [0, 0.05) is 11.0 Å². The lowest BCUT2D eigenvalue weighted by atomic mass is 10.0. The van der Waals surface area contributed by atoms with Gasteiger partial charge < -0.3 is 9.84 Å². The molecule has 0 amide bonds. The van der Waals surface area contributed by atoms with Crippen LogP contribution in [0, 0.1) is 11.6 Å². The first kappa shape index (κ1) is 21.1. The third-order valence-corrected chi connectivity index (χ3v) is 3.78. The van der Waals surface area contributed by atoms with Crippen LogP contribution in [0.5, 0.6) is 5.75 Å². The average molecular weight is 430 g/mol. The first-order valence-corrected chi connectivity index (χ1v) is 8.17. The van der Waals surface area contributed by atoms with Crippen molar-refractivity contribution >= 4 is 5.90 Å². The van der Waals surface area contributed by atoms with Crippen LogP contribution in [0.1, 0.15) is 5.56 Å². The van der Waals surface area contributed by atoms with Crippen molar-refractivity contribution in [2.75, 3.05) is 0 Å². The number of hydrogen-bond donors (Lipinski definition) is 0. The van der Waals surface area contributed by atoms with Crippen molar-refractivity contribution in [3.05, 3.63) is 66.3 Å². The van der Waals surface area contributed by atoms with Crippen LogP contribution in [0.2, 0.25) is 0 Å². The number of hydrogen-bond acceptors (Lipinski definition) is 4. The van der Waals surface area contributed by atoms with Crippen molar-refractivity contribution < 1.29 is 40.9 Å². The Morgan fingerprint density at radius 2 is 1.77 bits per heavy atom. The van der Waals surface area contributed by atoms with Gasteiger partial charge >= 0.3 is 12.5 Å². The third kappa shape index (κ3) is 4.53. The van der Waals surface area contributed by atoms with Gasteiger partial charge in [0.1, 0.15) is 17.4 Å². The smallest absolute Gasteiger partial charge is 0.461 e. The summed E-state index contributed by atoms with van der Waals surface area (Å²) in [6.07, 6.45) is -6.21. The molecule has 1 heterocycles. The van der Waals surface area contributed by atoms with E-state index in [0.717, 1.165) is 41.1 Å². The number of rotatable bonds is 6. The zero-order valence-electron chi connectivity index (χ0n) is 15.1. The molecular formula is C18H12F6N4O2. The predicted molar refractivity (Wildman–Crippen MR) is 88.7 cm³/mol. The summed E-state index contributed by atoms with van der Waals surface area (Å²) in [4.78, 5) is 0. The van der Waals surface area contributed by atoms with Gasteiger partial charge in [0.25, 0.3) is 6.33 Å². The van der Waals surface area contributed by atoms with E-state index in [9.17, 15) is 31.4 Å². The lowest BCUT2D eigenvalue weighted by Crippen LogP contribution is -2.33. The van der Waals surface area contributed by atoms with E-state index in [2.05, 4.69) is 14.9 Å². The van der Waals surface area contributed by atoms with Crippen LogP contribution in [0.15, 0.2) is 54.2 Å². The third-order valence-electron chi connectivity index (χ3n) is 3.78. The van der Waals surface area contributed by atoms with Gasteiger partial charge in [-0.15, -0.1) is 14.5 Å². The van der Waals surface area contributed by atoms with Crippen LogP contribution in [-0.4, -0.2) is 28.2 Å². The maximum absolute atomic E-state index is 14.5. The quantitative estimate of drug-likeness (QED) is 0.261. The molecule has 2 aromatic carbocycles. The Hall–Kier alpha value is -3.57. The zero-order valence-corrected chi connectivity index (χ0v) is 15.1. The van der Waals surface area contributed by atoms with Gasteiger partial charge in [0.15, 0.2) is 0 Å². The molecule has 0 spiro atoms. The fraction of sp³-hybridized carbons (Fsp3) is 0.167. The lowest BCUT2D eigenvalue weighted by molar-refractivity contribution is -0.682. The number of ether oxygens (including phenoxy) is 1. The molecule has 3 aromatic rings. The highest BCUT2D eigenvalue weighted by Crippen LogP contribution is 2.31. The van der Waals surface area contributed by atoms with E-state index < -0.39 is 41.4 Å². The Bertz CT molecular complexity index is 1060. The zero-order chi connectivity index (χ0) is 22.1. The second kappa shape index (κ2) is 8.05. The summed E-state index contributed by atoms with van der Waals surface area (Å²) < 4.78 is 85.4. The van der Waals surface area contributed by atoms with E-state index in [1.807, 2.05) is 0 Å². The van der Waals surface area contributed by atoms with Gasteiger partial charge in [-0.05, 0) is 35.4 Å². The summed E-state index contributed by atoms with van der Waals surface area (Å²) in [5.74, 6) is -3.79. The molecule has 0 bridgehead atoms. The van der Waals surface area contributed by atoms with Crippen LogP contribution in [0.3, 0.4) is 0 Å². The molecule has 158 valence electrons. The first-order valence-electron chi connectivity index (χ1n) is 8.17. The maximum atomic E-state index is 14.5. The predicted octanol–water partition coefficient (Wildman–Crippen LogP) is 2.46. The van der Waals surface area contributed by atoms with Crippen molar-refractivity contribution in [3.63, 3.8) is 0 Å². The van der Waals surface area contributed by atoms with Crippen LogP contribution < -0.4 is 14.5 Å². The minimum Gasteiger partial charge on any atom is -0.856 e. The molecule has 3 rings (SSSR count). The maximum Gasteiger partial charge on any atom is 0.461 e. The van der Waals surface area contributed by atoms with Gasteiger partial charge in [-0.1, -0.05) is 12.1 Å². The van der Waals surface area contributed by atoms with E-state index in [-0.39, 0.29) is 11.1 Å². The summed E-state index contributed by atoms with van der Waals surface area (Å²) in [5.41, 5.74) is -1.01. The van der Waals surface area contributed by atoms with E-state index in [4.69, 9.17) is 0 Å². The standard InChI is InChI=1S/C18H12F6N4O2/c1-27-9-28(8-25-27)26-16(29)11-6-13(19)15(14(20)7-11)10-2-4-12(5-3-10)30-18(23,24)17(21)22/h2-9,17H,1H3. The van der Waals surface area contributed by atoms with Crippen molar-refractivity contribution in [3.8, 4) is 16.9 Å². The lowest BCUT2D eigenvalue weighted by Gasteiger charge is -2.17. The Balaban J connectivity index is 1.88. The molecule has 12 heteroatoms. The summed E-state index contributed by atoms with van der Waals surface area (Å²) in [7, 11) is 1.58. The molecule has 0 atom stereocenters. The van der Waals surface area contributed by atoms with Crippen molar-refractivity contribution in [2.24, 2.45) is 12.1 Å². The Morgan fingerprint density at radius 1 is 1.17 bits per heavy atom. The number of alkyl halides is 4. The van der Waals surface area contributed by atoms with Crippen molar-refractivity contribution in [1.82, 2.24) is 9.78 Å². The number of aromatic nitrogens is 3. The molecule has 0 radical (unpaired) electrons. The highest BCUT2D eigenvalue weighted by Gasteiger charge is 2.43. The highest BCUT2D eigenvalue weighted by molar-refractivity contribution is 5.90. The van der Waals surface area contributed by atoms with Gasteiger partial charge in [-0.3, -0.25) is 0 Å². The van der Waals surface area contributed by atoms with E-state index in [1.54, 1.807) is 7.05 Å². The number of nitrogens with zero attached hydrogens (tertiary/aromatic N) is 4. The molecule has 0 fully saturated rings. The summed E-state index contributed by atoms with van der Waals surface area (Å²) >= 11 is 0. The molecule has 1 aromatic heterocycles. The normalized spacial score (nSPS) is 12.5. The van der Waals surface area contributed by atoms with E-state index >= 15 is 0 Å². The second-order valence-electron chi connectivity index (χ2n) is 6.01. The van der Waals surface area contributed by atoms with Gasteiger partial charge in [0.05, 0.1) is 12.6 Å². The molecule has 0 unspecified atom stereocenters. The second-order valence-corrected chi connectivity index (χ2v) is 6.01. The van der Waals surface area contributed by atoms with Crippen LogP contribution >= 0.6 is 0 Å². The molecule has 0 aliphatic carbocycles. The molecule has 6 nitrogen and oxygen atoms in total. The van der Waals surface area contributed by atoms with Gasteiger partial charge in [-0.25, -0.2) is 8.78 Å². The minimum atomic E-state index is -4.71. The Kier molecular flexibility index (Phi) is 5.67. The van der Waals surface area contributed by atoms with E-state index in [1.165, 1.54) is 17.3 Å². The molecule has 0 saturated carbocycles. The van der Waals surface area contributed by atoms with Crippen molar-refractivity contribution in [2.45, 2.75) is 12.5 Å². The molecule has 30 heavy (non-hydrogen) atoms. The molecule has 0 aliphatic rings. The monoisotopic (exact) mass is 430 g/mol. The number of halogens is 6. The van der Waals surface area contributed by atoms with Crippen LogP contribution in [-0.2, 0) is 7.05 Å². The first-order chi connectivity index (χ1) is 14.1. The average Bonchev–Trinajstić information content (AvgIpc) is 3.06. The van der Waals surface area contributed by atoms with Crippen molar-refractivity contribution in [1.29, 1.82) is 0 Å². The Labute approximate surface area is 165 Å². The minimum absolute atomic E-state index is 0.0877. The number of benzene rings is 2. The highest BCUT2D eigenvalue weighted by atomic mass is 19.3. The summed E-state index contributed by atoms with van der Waals surface area (Å²) in [5, 5.41) is 19.5. The molecular weight excluding hydrogens is 418 g/mol. The van der Waals surface area contributed by atoms with Crippen LogP contribution in [0.25, 0.3) is 11.1 Å². The van der Waals surface area contributed by atoms with E-state index in [0.29, 0.717) is 0 Å². The van der Waals surface area contributed by atoms with Gasteiger partial charge in [-0.2, -0.15) is 17.6 Å². The molecule has 0 saturated heterocycles. The SMILES string of the molecule is Cn1c[n+](N=C([O-])c2cc(F)c(-c3ccc(OC(F)(F)C(F)F)cc3)c(F)c2)cn1. The van der Waals surface area contributed by atoms with Crippen LogP contribution in [0.4, 0.5) is 26.3 Å². The molecule has 0 aliphatic heterocycles. The topological polar surface area (TPSA) is 66.3 Å². The fourth-order valence-electron chi connectivity index (χ4n) is 2.44. The van der Waals surface area contributed by atoms with Gasteiger partial charge in [0.2, 0.25) is 6.33 Å². The largest absolute Gasteiger partial charge is 0.856 e. The Morgan fingerprint density at radius 3 is 2.27 bits per heavy atom. The summed E-state index contributed by atoms with van der Waals surface area (Å²) in [6, 6.07) is 5.26. The number of aryl methyl sites for hydroxylation is 1. The fourth-order valence-corrected chi connectivity index (χ4v) is 2.44.